The number of halogens is 4. The van der Waals surface area contributed by atoms with Gasteiger partial charge in [0.25, 0.3) is 17.6 Å². The standard InChI is InChI=1S/C25H21ClF3N11O2/c1-13-9-16-6-8-32-39(16)20(23(42)31-11-14-4-5-14)19(13)33-22(41)18-10-15(12-38-36-24(34-37-38)25(27,28)29)35-40(18)21-17(26)3-2-7-30-21/h2-3,6-10,14H,4-5,11-12H2,1H3,(H,31,42)(H,33,41). The summed E-state index contributed by atoms with van der Waals surface area (Å²) in [5, 5.41) is 24.3. The number of fused-ring (bicyclic) bond motifs is 1. The monoisotopic (exact) mass is 599 g/mol. The molecular formula is C25H21ClF3N11O2. The number of nitrogens with zero attached hydrogens (tertiary/aromatic N) is 9. The van der Waals surface area contributed by atoms with Crippen LogP contribution in [0.2, 0.25) is 5.02 Å². The lowest BCUT2D eigenvalue weighted by molar-refractivity contribution is -0.145. The van der Waals surface area contributed by atoms with Gasteiger partial charge >= 0.3 is 6.18 Å². The zero-order chi connectivity index (χ0) is 29.6. The van der Waals surface area contributed by atoms with Crippen LogP contribution >= 0.6 is 11.6 Å². The van der Waals surface area contributed by atoms with E-state index in [9.17, 15) is 22.8 Å². The maximum Gasteiger partial charge on any atom is 0.455 e. The fourth-order valence-electron chi connectivity index (χ4n) is 4.32. The number of rotatable bonds is 8. The van der Waals surface area contributed by atoms with Crippen molar-refractivity contribution in [3.05, 3.63) is 76.2 Å². The van der Waals surface area contributed by atoms with Crippen LogP contribution in [0.1, 0.15) is 50.9 Å². The molecule has 1 saturated carbocycles. The van der Waals surface area contributed by atoms with Gasteiger partial charge in [-0.2, -0.15) is 28.2 Å². The van der Waals surface area contributed by atoms with Crippen LogP contribution in [-0.4, -0.2) is 62.9 Å². The van der Waals surface area contributed by atoms with Crippen LogP contribution in [-0.2, 0) is 12.7 Å². The molecule has 0 atom stereocenters. The molecule has 42 heavy (non-hydrogen) atoms. The highest BCUT2D eigenvalue weighted by atomic mass is 35.5. The van der Waals surface area contributed by atoms with Crippen molar-refractivity contribution in [2.75, 3.05) is 11.9 Å². The fourth-order valence-corrected chi connectivity index (χ4v) is 4.52. The molecule has 6 rings (SSSR count). The number of aryl methyl sites for hydroxylation is 1. The Morgan fingerprint density at radius 1 is 1.12 bits per heavy atom. The Morgan fingerprint density at radius 3 is 2.64 bits per heavy atom. The predicted octanol–water partition coefficient (Wildman–Crippen LogP) is 3.32. The van der Waals surface area contributed by atoms with E-state index in [4.69, 9.17) is 11.6 Å². The number of anilines is 1. The Kier molecular flexibility index (Phi) is 6.84. The normalized spacial score (nSPS) is 13.5. The van der Waals surface area contributed by atoms with E-state index in [1.54, 1.807) is 37.4 Å². The molecule has 2 amide bonds. The first-order valence-electron chi connectivity index (χ1n) is 12.7. The third kappa shape index (κ3) is 5.39. The number of hydrogen-bond donors (Lipinski definition) is 2. The number of hydrogen-bond acceptors (Lipinski definition) is 8. The quantitative estimate of drug-likeness (QED) is 0.276. The predicted molar refractivity (Wildman–Crippen MR) is 141 cm³/mol. The van der Waals surface area contributed by atoms with E-state index in [1.807, 2.05) is 0 Å². The van der Waals surface area contributed by atoms with Crippen molar-refractivity contribution in [1.82, 2.24) is 49.9 Å². The summed E-state index contributed by atoms with van der Waals surface area (Å²) < 4.78 is 41.5. The van der Waals surface area contributed by atoms with Gasteiger partial charge in [0.15, 0.2) is 11.5 Å². The van der Waals surface area contributed by atoms with Crippen LogP contribution in [0.25, 0.3) is 11.3 Å². The maximum atomic E-state index is 13.8. The van der Waals surface area contributed by atoms with Crippen LogP contribution in [0.5, 0.6) is 0 Å². The summed E-state index contributed by atoms with van der Waals surface area (Å²) in [6.45, 7) is 1.91. The van der Waals surface area contributed by atoms with Gasteiger partial charge in [-0.15, -0.1) is 10.2 Å². The van der Waals surface area contributed by atoms with Gasteiger partial charge in [0.05, 0.1) is 28.1 Å². The third-order valence-electron chi connectivity index (χ3n) is 6.52. The van der Waals surface area contributed by atoms with Gasteiger partial charge in [0.1, 0.15) is 12.2 Å². The van der Waals surface area contributed by atoms with Crippen molar-refractivity contribution in [3.8, 4) is 5.82 Å². The Labute approximate surface area is 239 Å². The number of carbonyl (C=O) groups excluding carboxylic acids is 2. The van der Waals surface area contributed by atoms with E-state index in [-0.39, 0.29) is 40.2 Å². The number of pyridine rings is 2. The summed E-state index contributed by atoms with van der Waals surface area (Å²) in [5.74, 6) is -1.99. The Balaban J connectivity index is 1.38. The Morgan fingerprint density at radius 2 is 1.93 bits per heavy atom. The first kappa shape index (κ1) is 27.3. The molecule has 0 unspecified atom stereocenters. The zero-order valence-corrected chi connectivity index (χ0v) is 22.6. The number of nitrogens with one attached hydrogen (secondary N) is 2. The summed E-state index contributed by atoms with van der Waals surface area (Å²) in [4.78, 5) is 32.0. The number of amides is 2. The highest BCUT2D eigenvalue weighted by Gasteiger charge is 2.37. The molecule has 0 bridgehead atoms. The van der Waals surface area contributed by atoms with Crippen molar-refractivity contribution in [3.63, 3.8) is 0 Å². The summed E-state index contributed by atoms with van der Waals surface area (Å²) in [6, 6.07) is 7.98. The van der Waals surface area contributed by atoms with Gasteiger partial charge in [-0.3, -0.25) is 9.59 Å². The molecule has 216 valence electrons. The molecule has 1 aliphatic carbocycles. The molecule has 0 saturated heterocycles. The molecule has 5 heterocycles. The lowest BCUT2D eigenvalue weighted by atomic mass is 10.1. The summed E-state index contributed by atoms with van der Waals surface area (Å²) in [7, 11) is 0. The zero-order valence-electron chi connectivity index (χ0n) is 21.8. The molecule has 0 aliphatic heterocycles. The molecule has 5 aromatic heterocycles. The van der Waals surface area contributed by atoms with Crippen molar-refractivity contribution < 1.29 is 22.8 Å². The molecule has 1 aliphatic rings. The highest BCUT2D eigenvalue weighted by Crippen LogP contribution is 2.29. The van der Waals surface area contributed by atoms with E-state index in [0.29, 0.717) is 28.3 Å². The molecule has 0 radical (unpaired) electrons. The van der Waals surface area contributed by atoms with Crippen LogP contribution in [0.4, 0.5) is 18.9 Å². The van der Waals surface area contributed by atoms with Crippen LogP contribution < -0.4 is 10.6 Å². The van der Waals surface area contributed by atoms with Gasteiger partial charge < -0.3 is 10.6 Å². The maximum absolute atomic E-state index is 13.8. The van der Waals surface area contributed by atoms with Crippen molar-refractivity contribution in [2.24, 2.45) is 5.92 Å². The highest BCUT2D eigenvalue weighted by molar-refractivity contribution is 6.32. The second-order valence-electron chi connectivity index (χ2n) is 9.71. The van der Waals surface area contributed by atoms with Crippen molar-refractivity contribution >= 4 is 34.6 Å². The minimum absolute atomic E-state index is 0.0638. The largest absolute Gasteiger partial charge is 0.455 e. The molecular weight excluding hydrogens is 579 g/mol. The Bertz CT molecular complexity index is 1820. The molecule has 1 fully saturated rings. The fraction of sp³-hybridized carbons (Fsp3) is 0.280. The lowest BCUT2D eigenvalue weighted by Gasteiger charge is -2.16. The van der Waals surface area contributed by atoms with Gasteiger partial charge in [-0.25, -0.2) is 14.2 Å². The average molecular weight is 600 g/mol. The van der Waals surface area contributed by atoms with E-state index in [2.05, 4.69) is 41.2 Å². The smallest absolute Gasteiger partial charge is 0.350 e. The second-order valence-corrected chi connectivity index (χ2v) is 10.1. The topological polar surface area (TPSA) is 150 Å². The van der Waals surface area contributed by atoms with E-state index in [1.165, 1.54) is 16.8 Å². The number of aromatic nitrogens is 9. The molecule has 17 heteroatoms. The van der Waals surface area contributed by atoms with E-state index in [0.717, 1.165) is 17.5 Å². The van der Waals surface area contributed by atoms with Gasteiger partial charge in [0, 0.05) is 12.7 Å². The van der Waals surface area contributed by atoms with Crippen molar-refractivity contribution in [1.29, 1.82) is 0 Å². The van der Waals surface area contributed by atoms with Crippen LogP contribution in [0.3, 0.4) is 0 Å². The van der Waals surface area contributed by atoms with Gasteiger partial charge in [0.2, 0.25) is 0 Å². The lowest BCUT2D eigenvalue weighted by Crippen LogP contribution is -2.30. The molecule has 2 N–H and O–H groups in total. The molecule has 13 nitrogen and oxygen atoms in total. The van der Waals surface area contributed by atoms with E-state index < -0.39 is 23.8 Å². The number of tetrazole rings is 1. The second kappa shape index (κ2) is 10.5. The minimum Gasteiger partial charge on any atom is -0.350 e. The van der Waals surface area contributed by atoms with Gasteiger partial charge in [-0.05, 0) is 66.8 Å². The van der Waals surface area contributed by atoms with Crippen LogP contribution in [0, 0.1) is 12.8 Å². The average Bonchev–Trinajstić information content (AvgIpc) is 3.27. The minimum atomic E-state index is -4.78. The first-order chi connectivity index (χ1) is 20.1. The summed E-state index contributed by atoms with van der Waals surface area (Å²) in [5.41, 5.74) is 1.67. The number of carbonyl (C=O) groups is 2. The molecule has 0 spiro atoms. The Hall–Kier alpha value is -4.86. The van der Waals surface area contributed by atoms with Gasteiger partial charge in [-0.1, -0.05) is 11.6 Å². The SMILES string of the molecule is Cc1cc2ccnn2c(C(=O)NCC2CC2)c1NC(=O)c1cc(Cn2nnc(C(F)(F)F)n2)nn1-c1ncccc1Cl. The summed E-state index contributed by atoms with van der Waals surface area (Å²) >= 11 is 6.34. The first-order valence-corrected chi connectivity index (χ1v) is 13.1. The van der Waals surface area contributed by atoms with E-state index >= 15 is 0 Å². The molecule has 0 aromatic carbocycles. The number of alkyl halides is 3. The third-order valence-corrected chi connectivity index (χ3v) is 6.82. The summed E-state index contributed by atoms with van der Waals surface area (Å²) in [6.07, 6.45) is 0.292. The van der Waals surface area contributed by atoms with Crippen molar-refractivity contribution in [2.45, 2.75) is 32.5 Å². The molecule has 5 aromatic rings. The van der Waals surface area contributed by atoms with Crippen LogP contribution in [0.15, 0.2) is 42.7 Å².